The van der Waals surface area contributed by atoms with Crippen LogP contribution in [0, 0.1) is 0 Å². The molecule has 4 aromatic rings. The predicted molar refractivity (Wildman–Crippen MR) is 141 cm³/mol. The topological polar surface area (TPSA) is 344 Å². The van der Waals surface area contributed by atoms with Gasteiger partial charge in [-0.2, -0.15) is 9.67 Å². The summed E-state index contributed by atoms with van der Waals surface area (Å²) >= 11 is 0. The molecule has 0 amide bonds. The monoisotopic (exact) mass is 660 g/mol. The van der Waals surface area contributed by atoms with Crippen molar-refractivity contribution in [3.8, 4) is 0 Å². The van der Waals surface area contributed by atoms with E-state index in [-0.39, 0.29) is 34.1 Å². The van der Waals surface area contributed by atoms with Crippen LogP contribution in [0.1, 0.15) is 12.5 Å². The number of hydrogen-bond acceptors (Lipinski definition) is 18. The fourth-order valence-corrected chi connectivity index (χ4v) is 6.91. The molecular weight excluding hydrogens is 636 g/mol. The largest absolute Gasteiger partial charge is 0.694 e. The number of nitrogens with two attached hydrogens (primary N) is 2. The molecule has 44 heavy (non-hydrogen) atoms. The van der Waals surface area contributed by atoms with E-state index in [9.17, 15) is 34.1 Å². The number of aliphatic hydroxyl groups is 3. The first kappa shape index (κ1) is 30.4. The summed E-state index contributed by atoms with van der Waals surface area (Å²) < 4.78 is 48.2. The molecule has 6 heterocycles. The van der Waals surface area contributed by atoms with E-state index in [0.29, 0.717) is 0 Å². The maximum Gasteiger partial charge on any atom is 0.694 e. The average Bonchev–Trinajstić information content (AvgIpc) is 3.72. The Labute approximate surface area is 243 Å². The summed E-state index contributed by atoms with van der Waals surface area (Å²) in [5.74, 6) is -0.283. The Morgan fingerprint density at radius 3 is 2.50 bits per heavy atom. The van der Waals surface area contributed by atoms with Gasteiger partial charge in [0, 0.05) is 4.57 Å². The minimum absolute atomic E-state index is 0.0620. The third-order valence-electron chi connectivity index (χ3n) is 7.08. The molecule has 4 aromatic heterocycles. The van der Waals surface area contributed by atoms with E-state index in [1.807, 2.05) is 0 Å². The lowest BCUT2D eigenvalue weighted by atomic mass is 10.1. The summed E-state index contributed by atoms with van der Waals surface area (Å²) in [7, 11) is -8.16. The van der Waals surface area contributed by atoms with Crippen LogP contribution < -0.4 is 17.0 Å². The Kier molecular flexibility index (Phi) is 7.88. The zero-order valence-corrected chi connectivity index (χ0v) is 23.7. The standard InChI is InChI=1S/C19H23N11O12P2/c20-13-7-14(23-3-22-13)29(4-24-7)17-11(33)9(31)6(41-17)2-40-44(37,38)12-10(32)5(1-39-43(35)36)42-18(12)30-15-8(27-28-30)16(34)26-19(21)25-15/h3-6,9-12,17-18,31-33H,1-2H2,(H6-,20,21,22,23,25,26,28,34,35,36,37,38)/p+1/t5-,6-,9-,10-,11-,12-,17-,18-/m1/s1. The van der Waals surface area contributed by atoms with Crippen LogP contribution in [-0.2, 0) is 27.7 Å². The lowest BCUT2D eigenvalue weighted by Crippen LogP contribution is -2.36. The van der Waals surface area contributed by atoms with E-state index < -0.39 is 83.3 Å². The minimum Gasteiger partial charge on any atom is -0.389 e. The molecule has 0 aromatic carbocycles. The smallest absolute Gasteiger partial charge is 0.389 e. The van der Waals surface area contributed by atoms with Crippen molar-refractivity contribution in [2.24, 2.45) is 0 Å². The highest BCUT2D eigenvalue weighted by atomic mass is 31.2. The highest BCUT2D eigenvalue weighted by molar-refractivity contribution is 7.53. The van der Waals surface area contributed by atoms with E-state index >= 15 is 0 Å². The molecule has 2 unspecified atom stereocenters. The second kappa shape index (κ2) is 11.4. The first-order chi connectivity index (χ1) is 20.9. The summed E-state index contributed by atoms with van der Waals surface area (Å²) in [5.41, 5.74) is 8.56. The maximum absolute atomic E-state index is 13.7. The molecule has 25 heteroatoms. The predicted octanol–water partition coefficient (Wildman–Crippen LogP) is -3.37. The second-order valence-electron chi connectivity index (χ2n) is 9.73. The second-order valence-corrected chi connectivity index (χ2v) is 12.4. The van der Waals surface area contributed by atoms with Crippen molar-refractivity contribution in [2.75, 3.05) is 24.7 Å². The highest BCUT2D eigenvalue weighted by Crippen LogP contribution is 2.57. The van der Waals surface area contributed by atoms with Crippen LogP contribution in [0.25, 0.3) is 22.3 Å². The van der Waals surface area contributed by atoms with Gasteiger partial charge in [0.1, 0.15) is 54.6 Å². The molecule has 2 aliphatic heterocycles. The van der Waals surface area contributed by atoms with Gasteiger partial charge in [0.05, 0.1) is 12.9 Å². The highest BCUT2D eigenvalue weighted by Gasteiger charge is 2.57. The van der Waals surface area contributed by atoms with E-state index in [1.54, 1.807) is 0 Å². The normalized spacial score (nSPS) is 30.7. The molecule has 0 aliphatic carbocycles. The van der Waals surface area contributed by atoms with Crippen molar-refractivity contribution in [2.45, 2.75) is 48.6 Å². The number of ether oxygens (including phenoxy) is 2. The van der Waals surface area contributed by atoms with Crippen LogP contribution in [0.15, 0.2) is 17.4 Å². The molecular formula is C19H24N11O12P2+. The van der Waals surface area contributed by atoms with Crippen LogP contribution in [0.2, 0.25) is 0 Å². The number of fused-ring (bicyclic) bond motifs is 2. The van der Waals surface area contributed by atoms with Crippen molar-refractivity contribution in [3.63, 3.8) is 0 Å². The van der Waals surface area contributed by atoms with Crippen molar-refractivity contribution < 1.29 is 52.8 Å². The molecule has 0 radical (unpaired) electrons. The Bertz CT molecular complexity index is 1830. The van der Waals surface area contributed by atoms with Gasteiger partial charge in [0.2, 0.25) is 5.95 Å². The minimum atomic E-state index is -5.03. The van der Waals surface area contributed by atoms with E-state index in [0.717, 1.165) is 11.0 Å². The third-order valence-corrected chi connectivity index (χ3v) is 9.28. The van der Waals surface area contributed by atoms with Gasteiger partial charge in [-0.1, -0.05) is 5.21 Å². The number of rotatable bonds is 9. The molecule has 2 aliphatic rings. The fourth-order valence-electron chi connectivity index (χ4n) is 5.01. The Morgan fingerprint density at radius 2 is 1.75 bits per heavy atom. The number of hydrogen-bond donors (Lipinski definition) is 8. The van der Waals surface area contributed by atoms with Gasteiger partial charge < -0.3 is 45.7 Å². The molecule has 0 bridgehead atoms. The van der Waals surface area contributed by atoms with Gasteiger partial charge in [-0.15, -0.1) is 14.5 Å². The SMILES string of the molecule is Nc1nc2c(nnn2[C@@H]2O[C@H](CO[P+](=O)O)[C@@H](O)[C@H]2P(=O)(O)OC[C@H]2O[C@@H](n3cnc4c(N)ncnc43)[C@H](O)[C@@H]2O)c(=O)[nH]1. The third kappa shape index (κ3) is 5.22. The van der Waals surface area contributed by atoms with E-state index in [2.05, 4.69) is 39.8 Å². The quantitative estimate of drug-likeness (QED) is 0.0812. The fraction of sp³-hybridized carbons (Fsp3) is 0.526. The number of aliphatic hydroxyl groups excluding tert-OH is 3. The molecule has 236 valence electrons. The van der Waals surface area contributed by atoms with Gasteiger partial charge in [-0.05, 0) is 0 Å². The summed E-state index contributed by atoms with van der Waals surface area (Å²) in [5, 5.41) is 39.8. The molecule has 10 N–H and O–H groups in total. The number of aromatic nitrogens is 9. The summed E-state index contributed by atoms with van der Waals surface area (Å²) in [6.45, 7) is -1.48. The molecule has 2 fully saturated rings. The Balaban J connectivity index is 1.26. The number of anilines is 2. The summed E-state index contributed by atoms with van der Waals surface area (Å²) in [6, 6.07) is 0. The molecule has 6 rings (SSSR count). The van der Waals surface area contributed by atoms with Crippen LogP contribution >= 0.6 is 15.9 Å². The van der Waals surface area contributed by atoms with Gasteiger partial charge in [-0.25, -0.2) is 15.0 Å². The lowest BCUT2D eigenvalue weighted by molar-refractivity contribution is -0.0498. The first-order valence-corrected chi connectivity index (χ1v) is 15.3. The Hall–Kier alpha value is -3.60. The first-order valence-electron chi connectivity index (χ1n) is 12.5. The number of nitrogens with one attached hydrogen (secondary N) is 1. The molecule has 10 atom stereocenters. The Morgan fingerprint density at radius 1 is 1.02 bits per heavy atom. The van der Waals surface area contributed by atoms with Crippen LogP contribution in [0.4, 0.5) is 11.8 Å². The van der Waals surface area contributed by atoms with Crippen molar-refractivity contribution in [3.05, 3.63) is 23.0 Å². The van der Waals surface area contributed by atoms with Crippen molar-refractivity contribution >= 4 is 49.9 Å². The van der Waals surface area contributed by atoms with E-state index in [4.69, 9.17) is 30.4 Å². The van der Waals surface area contributed by atoms with Gasteiger partial charge in [-0.3, -0.25) is 18.9 Å². The van der Waals surface area contributed by atoms with Crippen molar-refractivity contribution in [1.82, 2.24) is 44.5 Å². The van der Waals surface area contributed by atoms with E-state index in [1.165, 1.54) is 10.9 Å². The number of H-pyrrole nitrogens is 1. The van der Waals surface area contributed by atoms with Crippen LogP contribution in [0.3, 0.4) is 0 Å². The molecule has 2 saturated heterocycles. The molecule has 0 saturated carbocycles. The van der Waals surface area contributed by atoms with Gasteiger partial charge >= 0.3 is 15.9 Å². The van der Waals surface area contributed by atoms with Crippen LogP contribution in [0.5, 0.6) is 0 Å². The zero-order valence-electron chi connectivity index (χ0n) is 21.9. The number of nitrogen functional groups attached to an aromatic ring is 2. The molecule has 23 nitrogen and oxygen atoms in total. The summed E-state index contributed by atoms with van der Waals surface area (Å²) in [4.78, 5) is 50.5. The number of imidazole rings is 1. The van der Waals surface area contributed by atoms with Crippen LogP contribution in [-0.4, -0.2) is 119 Å². The molecule has 0 spiro atoms. The van der Waals surface area contributed by atoms with Crippen molar-refractivity contribution in [1.29, 1.82) is 0 Å². The van der Waals surface area contributed by atoms with Gasteiger partial charge in [0.25, 0.3) is 5.56 Å². The summed E-state index contributed by atoms with van der Waals surface area (Å²) in [6.07, 6.45) is -8.46. The zero-order chi connectivity index (χ0) is 31.5. The maximum atomic E-state index is 13.7. The lowest BCUT2D eigenvalue weighted by Gasteiger charge is -2.26. The number of aromatic amines is 1. The van der Waals surface area contributed by atoms with Gasteiger partial charge in [0.15, 0.2) is 35.1 Å². The average molecular weight is 660 g/mol. The number of nitrogens with zero attached hydrogens (tertiary/aromatic N) is 8.